The molecule has 0 spiro atoms. The summed E-state index contributed by atoms with van der Waals surface area (Å²) in [5.74, 6) is 0.313. The second-order valence-corrected chi connectivity index (χ2v) is 4.63. The van der Waals surface area contributed by atoms with Crippen LogP contribution in [0.15, 0.2) is 0 Å². The number of hydrogen-bond donors (Lipinski definition) is 1. The topological polar surface area (TPSA) is 32.3 Å². The van der Waals surface area contributed by atoms with Gasteiger partial charge in [0.15, 0.2) is 0 Å². The molecular weight excluding hydrogens is 224 g/mol. The molecule has 0 radical (unpaired) electrons. The van der Waals surface area contributed by atoms with Crippen LogP contribution in [0.5, 0.6) is 0 Å². The summed E-state index contributed by atoms with van der Waals surface area (Å²) in [5, 5.41) is 3.02. The van der Waals surface area contributed by atoms with Gasteiger partial charge >= 0.3 is 0 Å². The minimum Gasteiger partial charge on any atom is -0.342 e. The lowest BCUT2D eigenvalue weighted by molar-refractivity contribution is -0.130. The number of carbonyl (C=O) groups is 1. The molecular formula is C12H25ClN2O. The molecule has 1 fully saturated rings. The third kappa shape index (κ3) is 3.63. The van der Waals surface area contributed by atoms with Crippen LogP contribution < -0.4 is 5.32 Å². The quantitative estimate of drug-likeness (QED) is 0.808. The molecule has 1 amide bonds. The predicted octanol–water partition coefficient (Wildman–Crippen LogP) is 2.06. The van der Waals surface area contributed by atoms with E-state index in [0.29, 0.717) is 17.7 Å². The zero-order chi connectivity index (χ0) is 11.3. The molecule has 0 aliphatic carbocycles. The van der Waals surface area contributed by atoms with Gasteiger partial charge in [-0.15, -0.1) is 12.4 Å². The van der Waals surface area contributed by atoms with E-state index in [-0.39, 0.29) is 12.4 Å². The van der Waals surface area contributed by atoms with Crippen LogP contribution in [0.1, 0.15) is 39.5 Å². The molecule has 96 valence electrons. The van der Waals surface area contributed by atoms with Gasteiger partial charge in [0.2, 0.25) is 5.91 Å². The fourth-order valence-corrected chi connectivity index (χ4v) is 2.37. The zero-order valence-corrected chi connectivity index (χ0v) is 11.5. The highest BCUT2D eigenvalue weighted by atomic mass is 35.5. The number of amides is 1. The van der Waals surface area contributed by atoms with E-state index in [1.165, 1.54) is 19.3 Å². The van der Waals surface area contributed by atoms with Crippen molar-refractivity contribution in [1.82, 2.24) is 10.2 Å². The molecule has 1 heterocycles. The van der Waals surface area contributed by atoms with Crippen molar-refractivity contribution in [2.75, 3.05) is 26.7 Å². The van der Waals surface area contributed by atoms with Crippen molar-refractivity contribution in [3.05, 3.63) is 0 Å². The summed E-state index contributed by atoms with van der Waals surface area (Å²) in [7, 11) is 1.89. The van der Waals surface area contributed by atoms with E-state index in [4.69, 9.17) is 0 Å². The number of nitrogens with one attached hydrogen (secondary N) is 1. The normalized spacial score (nSPS) is 18.3. The number of halogens is 1. The summed E-state index contributed by atoms with van der Waals surface area (Å²) in [6, 6.07) is 0. The fraction of sp³-hybridized carbons (Fsp3) is 0.917. The minimum absolute atomic E-state index is 0. The monoisotopic (exact) mass is 248 g/mol. The van der Waals surface area contributed by atoms with Crippen molar-refractivity contribution >= 4 is 18.3 Å². The predicted molar refractivity (Wildman–Crippen MR) is 70.0 cm³/mol. The molecule has 1 aliphatic rings. The highest BCUT2D eigenvalue weighted by Crippen LogP contribution is 2.36. The lowest BCUT2D eigenvalue weighted by Crippen LogP contribution is -2.33. The molecule has 0 aromatic heterocycles. The Morgan fingerprint density at radius 2 is 2.00 bits per heavy atom. The van der Waals surface area contributed by atoms with Crippen LogP contribution >= 0.6 is 12.4 Å². The Bertz CT molecular complexity index is 217. The molecule has 16 heavy (non-hydrogen) atoms. The third-order valence-electron chi connectivity index (χ3n) is 3.88. The first-order chi connectivity index (χ1) is 7.17. The highest BCUT2D eigenvalue weighted by Gasteiger charge is 2.36. The van der Waals surface area contributed by atoms with Gasteiger partial charge in [0, 0.05) is 26.1 Å². The van der Waals surface area contributed by atoms with Gasteiger partial charge in [-0.1, -0.05) is 13.8 Å². The van der Waals surface area contributed by atoms with Crippen LogP contribution in [-0.4, -0.2) is 37.5 Å². The van der Waals surface area contributed by atoms with E-state index in [2.05, 4.69) is 19.2 Å². The van der Waals surface area contributed by atoms with E-state index in [1.807, 2.05) is 11.9 Å². The van der Waals surface area contributed by atoms with Crippen molar-refractivity contribution in [1.29, 1.82) is 0 Å². The maximum Gasteiger partial charge on any atom is 0.223 e. The molecule has 0 bridgehead atoms. The van der Waals surface area contributed by atoms with Gasteiger partial charge in [0.25, 0.3) is 0 Å². The van der Waals surface area contributed by atoms with Gasteiger partial charge < -0.3 is 10.2 Å². The van der Waals surface area contributed by atoms with Crippen molar-refractivity contribution < 1.29 is 4.79 Å². The maximum absolute atomic E-state index is 11.8. The zero-order valence-electron chi connectivity index (χ0n) is 10.7. The largest absolute Gasteiger partial charge is 0.342 e. The van der Waals surface area contributed by atoms with Crippen molar-refractivity contribution in [2.45, 2.75) is 39.5 Å². The Kier molecular flexibility index (Phi) is 7.00. The molecule has 1 N–H and O–H groups in total. The number of hydrogen-bond acceptors (Lipinski definition) is 2. The molecule has 1 aliphatic heterocycles. The van der Waals surface area contributed by atoms with Crippen LogP contribution in [0.4, 0.5) is 0 Å². The molecule has 4 heteroatoms. The van der Waals surface area contributed by atoms with Crippen LogP contribution in [-0.2, 0) is 4.79 Å². The summed E-state index contributed by atoms with van der Waals surface area (Å²) >= 11 is 0. The number of likely N-dealkylation sites (tertiary alicyclic amines) is 1. The number of nitrogens with zero attached hydrogens (tertiary/aromatic N) is 1. The molecule has 0 unspecified atom stereocenters. The molecule has 0 saturated carbocycles. The van der Waals surface area contributed by atoms with Gasteiger partial charge in [-0.25, -0.2) is 0 Å². The molecule has 1 saturated heterocycles. The summed E-state index contributed by atoms with van der Waals surface area (Å²) < 4.78 is 0. The Balaban J connectivity index is 0.00000225. The average Bonchev–Trinajstić information content (AvgIpc) is 2.71. The van der Waals surface area contributed by atoms with Crippen LogP contribution in [0.25, 0.3) is 0 Å². The molecule has 3 nitrogen and oxygen atoms in total. The Morgan fingerprint density at radius 1 is 1.38 bits per heavy atom. The SMILES string of the molecule is CCC1(CC)CCN(C(=O)CCNC)C1.Cl. The van der Waals surface area contributed by atoms with Crippen LogP contribution in [0, 0.1) is 5.41 Å². The maximum atomic E-state index is 11.8. The molecule has 0 aromatic carbocycles. The van der Waals surface area contributed by atoms with Crippen molar-refractivity contribution in [3.8, 4) is 0 Å². The number of rotatable bonds is 5. The summed E-state index contributed by atoms with van der Waals surface area (Å²) in [5.41, 5.74) is 0.412. The van der Waals surface area contributed by atoms with Gasteiger partial charge in [0.1, 0.15) is 0 Å². The van der Waals surface area contributed by atoms with E-state index in [0.717, 1.165) is 19.6 Å². The van der Waals surface area contributed by atoms with Crippen molar-refractivity contribution in [2.24, 2.45) is 5.41 Å². The van der Waals surface area contributed by atoms with Gasteiger partial charge in [-0.05, 0) is 31.7 Å². The fourth-order valence-electron chi connectivity index (χ4n) is 2.37. The average molecular weight is 249 g/mol. The first-order valence-electron chi connectivity index (χ1n) is 6.10. The third-order valence-corrected chi connectivity index (χ3v) is 3.88. The second kappa shape index (κ2) is 7.13. The minimum atomic E-state index is 0. The van der Waals surface area contributed by atoms with Crippen LogP contribution in [0.2, 0.25) is 0 Å². The van der Waals surface area contributed by atoms with Gasteiger partial charge in [0.05, 0.1) is 0 Å². The van der Waals surface area contributed by atoms with E-state index in [1.54, 1.807) is 0 Å². The first kappa shape index (κ1) is 15.7. The smallest absolute Gasteiger partial charge is 0.223 e. The highest BCUT2D eigenvalue weighted by molar-refractivity contribution is 5.85. The summed E-state index contributed by atoms with van der Waals surface area (Å²) in [4.78, 5) is 13.9. The Labute approximate surface area is 105 Å². The standard InChI is InChI=1S/C12H24N2O.ClH/c1-4-12(5-2)7-9-14(10-12)11(15)6-8-13-3;/h13H,4-10H2,1-3H3;1H. The van der Waals surface area contributed by atoms with Crippen LogP contribution in [0.3, 0.4) is 0 Å². The molecule has 1 rings (SSSR count). The molecule has 0 aromatic rings. The van der Waals surface area contributed by atoms with Gasteiger partial charge in [-0.3, -0.25) is 4.79 Å². The van der Waals surface area contributed by atoms with E-state index in [9.17, 15) is 4.79 Å². The lowest BCUT2D eigenvalue weighted by atomic mass is 9.82. The Morgan fingerprint density at radius 3 is 2.44 bits per heavy atom. The summed E-state index contributed by atoms with van der Waals surface area (Å²) in [6.45, 7) is 7.21. The van der Waals surface area contributed by atoms with Gasteiger partial charge in [-0.2, -0.15) is 0 Å². The van der Waals surface area contributed by atoms with Crippen molar-refractivity contribution in [3.63, 3.8) is 0 Å². The summed E-state index contributed by atoms with van der Waals surface area (Å²) in [6.07, 6.45) is 4.21. The lowest BCUT2D eigenvalue weighted by Gasteiger charge is -2.26. The second-order valence-electron chi connectivity index (χ2n) is 4.63. The Hall–Kier alpha value is -0.280. The van der Waals surface area contributed by atoms with E-state index < -0.39 is 0 Å². The molecule has 0 atom stereocenters. The first-order valence-corrected chi connectivity index (χ1v) is 6.10. The number of carbonyl (C=O) groups excluding carboxylic acids is 1. The van der Waals surface area contributed by atoms with E-state index >= 15 is 0 Å².